The lowest BCUT2D eigenvalue weighted by molar-refractivity contribution is -0.288. The van der Waals surface area contributed by atoms with Gasteiger partial charge in [0.1, 0.15) is 9.36 Å². The molecule has 0 saturated heterocycles. The van der Waals surface area contributed by atoms with Crippen molar-refractivity contribution in [1.29, 1.82) is 0 Å². The van der Waals surface area contributed by atoms with Crippen LogP contribution in [-0.2, 0) is 4.79 Å². The number of benzene rings is 2. The van der Waals surface area contributed by atoms with Crippen molar-refractivity contribution in [2.75, 3.05) is 5.32 Å². The first-order valence-electron chi connectivity index (χ1n) is 7.41. The van der Waals surface area contributed by atoms with Gasteiger partial charge in [-0.05, 0) is 29.8 Å². The van der Waals surface area contributed by atoms with Crippen LogP contribution in [0.3, 0.4) is 0 Å². The molecule has 1 amide bonds. The van der Waals surface area contributed by atoms with E-state index in [1.165, 1.54) is 18.2 Å². The molecule has 0 bridgehead atoms. The van der Waals surface area contributed by atoms with Gasteiger partial charge in [0.2, 0.25) is 10.9 Å². The minimum Gasteiger partial charge on any atom is -0.478 e. The zero-order chi connectivity index (χ0) is 20.1. The fourth-order valence-corrected chi connectivity index (χ4v) is 4.48. The molecule has 2 N–H and O–H groups in total. The first kappa shape index (κ1) is 20.8. The van der Waals surface area contributed by atoms with Crippen LogP contribution >= 0.6 is 58.0 Å². The molecule has 0 spiro atoms. The molecule has 27 heavy (non-hydrogen) atoms. The Balaban J connectivity index is 1.84. The number of carboxylic acid groups (broad SMARTS) is 1. The highest BCUT2D eigenvalue weighted by atomic mass is 35.5. The van der Waals surface area contributed by atoms with Gasteiger partial charge >= 0.3 is 5.97 Å². The van der Waals surface area contributed by atoms with Crippen molar-refractivity contribution in [1.82, 2.24) is 0 Å². The molecular weight excluding hydrogens is 479 g/mol. The lowest BCUT2D eigenvalue weighted by atomic mass is 10.1. The fourth-order valence-electron chi connectivity index (χ4n) is 2.82. The van der Waals surface area contributed by atoms with E-state index in [2.05, 4.69) is 5.32 Å². The van der Waals surface area contributed by atoms with Gasteiger partial charge in [-0.25, -0.2) is 4.79 Å². The summed E-state index contributed by atoms with van der Waals surface area (Å²) in [6.45, 7) is 0. The van der Waals surface area contributed by atoms with E-state index in [-0.39, 0.29) is 26.3 Å². The van der Waals surface area contributed by atoms with Crippen molar-refractivity contribution in [3.8, 4) is 0 Å². The number of carbonyl (C=O) groups is 2. The highest BCUT2D eigenvalue weighted by Gasteiger charge is 2.67. The Kier molecular flexibility index (Phi) is 5.80. The predicted octanol–water partition coefficient (Wildman–Crippen LogP) is 5.57. The summed E-state index contributed by atoms with van der Waals surface area (Å²) in [5, 5.41) is 12.6. The van der Waals surface area contributed by atoms with Crippen LogP contribution in [-0.4, -0.2) is 21.3 Å². The predicted molar refractivity (Wildman–Crippen MR) is 105 cm³/mol. The smallest absolute Gasteiger partial charge is 0.337 e. The van der Waals surface area contributed by atoms with Gasteiger partial charge in [0, 0.05) is 17.7 Å². The standard InChI is InChI=1S/C17H9Cl6NO3/c18-9-2-1-7(5-8(9)16(26)27)24-15(25)13-12(17(13,22)23)6-3-10(19)14(21)11(20)4-6/h1-5,12-13,19H,(H-,24,25,26,27)/p+1/t12-,13+/m0/s1. The molecular formula is C17H10Cl6NO3+. The number of rotatable bonds is 4. The first-order valence-corrected chi connectivity index (χ1v) is 9.71. The molecule has 2 aromatic carbocycles. The zero-order valence-electron chi connectivity index (χ0n) is 13.1. The van der Waals surface area contributed by atoms with Gasteiger partial charge in [0.25, 0.3) is 0 Å². The summed E-state index contributed by atoms with van der Waals surface area (Å²) in [6.07, 6.45) is 0. The molecule has 0 aliphatic heterocycles. The van der Waals surface area contributed by atoms with Gasteiger partial charge in [0.05, 0.1) is 21.5 Å². The van der Waals surface area contributed by atoms with E-state index in [0.717, 1.165) is 0 Å². The maximum Gasteiger partial charge on any atom is 0.337 e. The number of halogens is 6. The monoisotopic (exact) mass is 486 g/mol. The Bertz CT molecular complexity index is 939. The van der Waals surface area contributed by atoms with E-state index in [4.69, 9.17) is 74.7 Å². The van der Waals surface area contributed by atoms with Gasteiger partial charge in [-0.3, -0.25) is 4.79 Å². The van der Waals surface area contributed by atoms with Gasteiger partial charge in [0.15, 0.2) is 11.6 Å². The molecule has 4 nitrogen and oxygen atoms in total. The molecule has 0 unspecified atom stereocenters. The summed E-state index contributed by atoms with van der Waals surface area (Å²) in [5.74, 6) is -3.00. The molecule has 0 radical (unpaired) electrons. The topological polar surface area (TPSA) is 66.4 Å². The van der Waals surface area contributed by atoms with Crippen molar-refractivity contribution in [3.05, 3.63) is 61.5 Å². The summed E-state index contributed by atoms with van der Waals surface area (Å²) < 4.78 is -1.36. The van der Waals surface area contributed by atoms with Crippen molar-refractivity contribution in [3.63, 3.8) is 0 Å². The zero-order valence-corrected chi connectivity index (χ0v) is 17.7. The molecule has 2 atom stereocenters. The SMILES string of the molecule is O=C(O)c1cc(NC(=O)[C@H]2[C@H](c3cc(Cl)c(Cl)c([ClH+])c3)C2(Cl)Cl)ccc1Cl. The summed E-state index contributed by atoms with van der Waals surface area (Å²) in [6, 6.07) is 7.29. The molecule has 1 fully saturated rings. The van der Waals surface area contributed by atoms with Crippen LogP contribution in [0.2, 0.25) is 20.1 Å². The van der Waals surface area contributed by atoms with Crippen LogP contribution in [0.1, 0.15) is 21.8 Å². The second-order valence-electron chi connectivity index (χ2n) is 5.93. The van der Waals surface area contributed by atoms with E-state index >= 15 is 0 Å². The Labute approximate surface area is 184 Å². The molecule has 1 aliphatic carbocycles. The van der Waals surface area contributed by atoms with Crippen molar-refractivity contribution in [2.45, 2.75) is 10.3 Å². The number of alkyl halides is 2. The Morgan fingerprint density at radius 1 is 1.07 bits per heavy atom. The average Bonchev–Trinajstić information content (AvgIpc) is 3.16. The summed E-state index contributed by atoms with van der Waals surface area (Å²) in [7, 11) is 0. The molecule has 0 aromatic heterocycles. The number of carbonyl (C=O) groups excluding carboxylic acids is 1. The summed E-state index contributed by atoms with van der Waals surface area (Å²) in [5.41, 5.74) is 0.724. The van der Waals surface area contributed by atoms with Crippen molar-refractivity contribution < 1.29 is 26.3 Å². The third kappa shape index (κ3) is 3.98. The molecule has 142 valence electrons. The summed E-state index contributed by atoms with van der Waals surface area (Å²) >= 11 is 35.6. The average molecular weight is 489 g/mol. The fraction of sp³-hybridized carbons (Fsp3) is 0.176. The van der Waals surface area contributed by atoms with E-state index in [9.17, 15) is 9.59 Å². The summed E-state index contributed by atoms with van der Waals surface area (Å²) in [4.78, 5) is 23.8. The van der Waals surface area contributed by atoms with E-state index in [1.807, 2.05) is 0 Å². The van der Waals surface area contributed by atoms with Gasteiger partial charge in [-0.2, -0.15) is 0 Å². The van der Waals surface area contributed by atoms with E-state index < -0.39 is 28.0 Å². The number of hydrogen-bond acceptors (Lipinski definition) is 2. The third-order valence-electron chi connectivity index (χ3n) is 4.18. The van der Waals surface area contributed by atoms with Gasteiger partial charge in [-0.15, -0.1) is 23.2 Å². The molecule has 3 rings (SSSR count). The number of aromatic carboxylic acids is 1. The van der Waals surface area contributed by atoms with Crippen molar-refractivity contribution >= 4 is 75.6 Å². The molecule has 10 heteroatoms. The first-order chi connectivity index (χ1) is 12.5. The minimum absolute atomic E-state index is 0.0580. The second kappa shape index (κ2) is 7.51. The van der Waals surface area contributed by atoms with Crippen LogP contribution in [0.15, 0.2) is 30.3 Å². The Hall–Kier alpha value is -0.880. The van der Waals surface area contributed by atoms with Crippen LogP contribution in [0.25, 0.3) is 0 Å². The molecule has 1 saturated carbocycles. The highest BCUT2D eigenvalue weighted by Crippen LogP contribution is 2.65. The number of amides is 1. The molecule has 2 aromatic rings. The second-order valence-corrected chi connectivity index (χ2v) is 9.01. The van der Waals surface area contributed by atoms with Gasteiger partial charge < -0.3 is 10.4 Å². The molecule has 0 heterocycles. The lowest BCUT2D eigenvalue weighted by Crippen LogP contribution is -2.17. The number of nitrogens with one attached hydrogen (secondary N) is 1. The van der Waals surface area contributed by atoms with Gasteiger partial charge in [-0.1, -0.05) is 34.8 Å². The normalized spacial score (nSPS) is 20.2. The van der Waals surface area contributed by atoms with Crippen LogP contribution in [0, 0.1) is 17.5 Å². The van der Waals surface area contributed by atoms with E-state index in [0.29, 0.717) is 10.6 Å². The van der Waals surface area contributed by atoms with E-state index in [1.54, 1.807) is 12.1 Å². The largest absolute Gasteiger partial charge is 0.478 e. The number of anilines is 1. The lowest BCUT2D eigenvalue weighted by Gasteiger charge is -2.07. The molecule has 1 aliphatic rings. The Morgan fingerprint density at radius 2 is 1.74 bits per heavy atom. The number of carboxylic acids is 1. The Morgan fingerprint density at radius 3 is 2.33 bits per heavy atom. The highest BCUT2D eigenvalue weighted by molar-refractivity contribution is 6.53. The maximum absolute atomic E-state index is 12.6. The quantitative estimate of drug-likeness (QED) is 0.437. The van der Waals surface area contributed by atoms with Crippen LogP contribution in [0.5, 0.6) is 0 Å². The number of hydrogen-bond donors (Lipinski definition) is 2. The third-order valence-corrected chi connectivity index (χ3v) is 6.68. The van der Waals surface area contributed by atoms with Crippen LogP contribution in [0.4, 0.5) is 5.69 Å². The van der Waals surface area contributed by atoms with Crippen molar-refractivity contribution in [2.24, 2.45) is 5.92 Å². The minimum atomic E-state index is -1.36. The van der Waals surface area contributed by atoms with Crippen LogP contribution < -0.4 is 5.32 Å². The maximum atomic E-state index is 12.6.